The number of urea groups is 1. The fraction of sp³-hybridized carbons (Fsp3) is 0.463. The van der Waals surface area contributed by atoms with Gasteiger partial charge in [-0.15, -0.1) is 0 Å². The van der Waals surface area contributed by atoms with Gasteiger partial charge >= 0.3 is 6.03 Å². The summed E-state index contributed by atoms with van der Waals surface area (Å²) >= 11 is 0. The van der Waals surface area contributed by atoms with Gasteiger partial charge in [0.2, 0.25) is 0 Å². The molecule has 3 aromatic rings. The topological polar surface area (TPSA) is 108 Å². The molecule has 262 valence electrons. The Kier molecular flexibility index (Phi) is 12.0. The first kappa shape index (κ1) is 36.3. The molecule has 0 aliphatic heterocycles. The van der Waals surface area contributed by atoms with Crippen LogP contribution in [0.15, 0.2) is 84.4 Å². The quantitative estimate of drug-likeness (QED) is 0.117. The molecule has 0 heterocycles. The third-order valence-electron chi connectivity index (χ3n) is 10.8. The molecule has 8 heteroatoms. The molecule has 0 radical (unpaired) electrons. The summed E-state index contributed by atoms with van der Waals surface area (Å²) in [6.07, 6.45) is 6.76. The molecule has 1 fully saturated rings. The molecular formula is C41H52N2O6. The number of carbonyl (C=O) groups excluding carboxylic acids is 2. The van der Waals surface area contributed by atoms with Crippen LogP contribution in [0.4, 0.5) is 10.5 Å². The highest BCUT2D eigenvalue weighted by Gasteiger charge is 2.57. The van der Waals surface area contributed by atoms with Crippen LogP contribution in [-0.4, -0.2) is 72.5 Å². The summed E-state index contributed by atoms with van der Waals surface area (Å²) in [7, 11) is 3.24. The molecule has 3 aromatic carbocycles. The van der Waals surface area contributed by atoms with Crippen molar-refractivity contribution in [1.82, 2.24) is 4.90 Å². The summed E-state index contributed by atoms with van der Waals surface area (Å²) in [5, 5.41) is 26.8. The number of anilines is 1. The van der Waals surface area contributed by atoms with E-state index in [0.29, 0.717) is 74.2 Å². The molecule has 1 saturated carbocycles. The van der Waals surface area contributed by atoms with Crippen molar-refractivity contribution in [1.29, 1.82) is 0 Å². The number of ether oxygens (including phenoxy) is 2. The lowest BCUT2D eigenvalue weighted by molar-refractivity contribution is -0.0767. The van der Waals surface area contributed by atoms with E-state index in [0.717, 1.165) is 24.0 Å². The van der Waals surface area contributed by atoms with Gasteiger partial charge in [0, 0.05) is 42.5 Å². The van der Waals surface area contributed by atoms with Crippen LogP contribution in [0.3, 0.4) is 0 Å². The SMILES string of the molecule is COCCCN(CC1(O)CCC2c3ccc(cc3C(=O)c3ccccc3)CC(O)CCC(C)=CCCC21C)C(=O)Nc1ccc(OC)cc1. The van der Waals surface area contributed by atoms with E-state index in [-0.39, 0.29) is 24.3 Å². The van der Waals surface area contributed by atoms with Gasteiger partial charge in [-0.1, -0.05) is 61.0 Å². The number of benzene rings is 3. The monoisotopic (exact) mass is 668 g/mol. The van der Waals surface area contributed by atoms with Crippen LogP contribution in [0.25, 0.3) is 0 Å². The number of carbonyl (C=O) groups is 2. The zero-order chi connectivity index (χ0) is 35.0. The first-order valence-corrected chi connectivity index (χ1v) is 17.5. The van der Waals surface area contributed by atoms with E-state index in [1.165, 1.54) is 5.57 Å². The number of aliphatic hydroxyl groups excluding tert-OH is 1. The molecule has 2 amide bonds. The highest BCUT2D eigenvalue weighted by Crippen LogP contribution is 2.59. The van der Waals surface area contributed by atoms with Gasteiger partial charge in [-0.25, -0.2) is 4.79 Å². The Bertz CT molecular complexity index is 1610. The molecule has 0 saturated heterocycles. The van der Waals surface area contributed by atoms with E-state index in [1.807, 2.05) is 48.5 Å². The second-order valence-electron chi connectivity index (χ2n) is 14.1. The van der Waals surface area contributed by atoms with Gasteiger partial charge in [0.15, 0.2) is 5.78 Å². The number of ketones is 1. The minimum Gasteiger partial charge on any atom is -0.497 e. The fourth-order valence-corrected chi connectivity index (χ4v) is 7.79. The second-order valence-corrected chi connectivity index (χ2v) is 14.1. The van der Waals surface area contributed by atoms with Gasteiger partial charge in [0.25, 0.3) is 0 Å². The largest absolute Gasteiger partial charge is 0.497 e. The lowest BCUT2D eigenvalue weighted by atomic mass is 9.64. The van der Waals surface area contributed by atoms with Crippen molar-refractivity contribution >= 4 is 17.5 Å². The molecule has 0 aromatic heterocycles. The van der Waals surface area contributed by atoms with E-state index in [4.69, 9.17) is 9.47 Å². The van der Waals surface area contributed by atoms with Crippen LogP contribution in [0.5, 0.6) is 5.75 Å². The molecule has 6 rings (SSSR count). The summed E-state index contributed by atoms with van der Waals surface area (Å²) in [6, 6.07) is 22.3. The molecule has 2 bridgehead atoms. The molecule has 4 atom stereocenters. The van der Waals surface area contributed by atoms with Gasteiger partial charge in [0.05, 0.1) is 25.4 Å². The summed E-state index contributed by atoms with van der Waals surface area (Å²) < 4.78 is 10.6. The Labute approximate surface area is 291 Å². The van der Waals surface area contributed by atoms with Crippen molar-refractivity contribution in [3.05, 3.63) is 107 Å². The molecule has 3 aliphatic rings. The summed E-state index contributed by atoms with van der Waals surface area (Å²) in [6.45, 7) is 5.28. The van der Waals surface area contributed by atoms with E-state index in [1.54, 1.807) is 43.4 Å². The van der Waals surface area contributed by atoms with Crippen LogP contribution < -0.4 is 10.1 Å². The van der Waals surface area contributed by atoms with E-state index < -0.39 is 17.1 Å². The maximum Gasteiger partial charge on any atom is 0.321 e. The van der Waals surface area contributed by atoms with E-state index >= 15 is 0 Å². The molecule has 49 heavy (non-hydrogen) atoms. The highest BCUT2D eigenvalue weighted by atomic mass is 16.5. The average molecular weight is 669 g/mol. The van der Waals surface area contributed by atoms with Crippen molar-refractivity contribution in [2.75, 3.05) is 39.2 Å². The van der Waals surface area contributed by atoms with Crippen molar-refractivity contribution in [3.63, 3.8) is 0 Å². The maximum absolute atomic E-state index is 14.2. The molecule has 4 unspecified atom stereocenters. The number of aliphatic hydroxyl groups is 2. The summed E-state index contributed by atoms with van der Waals surface area (Å²) in [5.74, 6) is 0.496. The third-order valence-corrected chi connectivity index (χ3v) is 10.8. The number of fused-ring (bicyclic) bond motifs is 8. The van der Waals surface area contributed by atoms with E-state index in [9.17, 15) is 19.8 Å². The van der Waals surface area contributed by atoms with Crippen LogP contribution in [0, 0.1) is 5.41 Å². The van der Waals surface area contributed by atoms with Gasteiger partial charge in [-0.2, -0.15) is 0 Å². The molecule has 8 nitrogen and oxygen atoms in total. The number of allylic oxidation sites excluding steroid dienone is 2. The smallest absolute Gasteiger partial charge is 0.321 e. The second kappa shape index (κ2) is 16.2. The predicted molar refractivity (Wildman–Crippen MR) is 193 cm³/mol. The van der Waals surface area contributed by atoms with Gasteiger partial charge in [-0.05, 0) is 106 Å². The maximum atomic E-state index is 14.2. The van der Waals surface area contributed by atoms with Gasteiger partial charge < -0.3 is 29.9 Å². The predicted octanol–water partition coefficient (Wildman–Crippen LogP) is 7.54. The number of nitrogens with zero attached hydrogens (tertiary/aromatic N) is 1. The van der Waals surface area contributed by atoms with Gasteiger partial charge in [-0.3, -0.25) is 4.79 Å². The Morgan fingerprint density at radius 2 is 1.76 bits per heavy atom. The summed E-state index contributed by atoms with van der Waals surface area (Å²) in [4.78, 5) is 29.8. The lowest BCUT2D eigenvalue weighted by Gasteiger charge is -2.46. The van der Waals surface area contributed by atoms with Crippen molar-refractivity contribution in [3.8, 4) is 5.75 Å². The molecular weight excluding hydrogens is 616 g/mol. The number of rotatable bonds is 10. The lowest BCUT2D eigenvalue weighted by Crippen LogP contribution is -2.54. The Balaban J connectivity index is 1.54. The minimum absolute atomic E-state index is 0.0624. The minimum atomic E-state index is -1.23. The molecule has 3 aliphatic carbocycles. The Morgan fingerprint density at radius 1 is 1.00 bits per heavy atom. The van der Waals surface area contributed by atoms with Crippen LogP contribution in [0.2, 0.25) is 0 Å². The normalized spacial score (nSPS) is 24.0. The van der Waals surface area contributed by atoms with Crippen LogP contribution >= 0.6 is 0 Å². The number of methoxy groups -OCH3 is 2. The standard InChI is InChI=1S/C41H52N2O6/c1-29-10-8-22-40(2)37(35-20-14-30(26-33(44)17-13-29)27-36(35)38(45)31-11-6-5-7-12-31)21-23-41(40,47)28-43(24-9-25-48-3)39(46)42-32-15-18-34(49-4)19-16-32/h5-7,10-12,14-16,18-20,27,33,37,44,47H,8-9,13,17,21-26,28H2,1-4H3,(H,42,46). The molecule has 3 N–H and O–H groups in total. The number of amides is 2. The Hall–Kier alpha value is -3.98. The van der Waals surface area contributed by atoms with Crippen molar-refractivity contribution in [2.45, 2.75) is 82.8 Å². The first-order valence-electron chi connectivity index (χ1n) is 17.5. The Morgan fingerprint density at radius 3 is 2.47 bits per heavy atom. The highest BCUT2D eigenvalue weighted by molar-refractivity contribution is 6.10. The zero-order valence-electron chi connectivity index (χ0n) is 29.4. The van der Waals surface area contributed by atoms with Crippen LogP contribution in [-0.2, 0) is 11.2 Å². The van der Waals surface area contributed by atoms with Crippen molar-refractivity contribution in [2.24, 2.45) is 5.41 Å². The third kappa shape index (κ3) is 8.43. The average Bonchev–Trinajstić information content (AvgIpc) is 3.36. The van der Waals surface area contributed by atoms with Gasteiger partial charge in [0.1, 0.15) is 5.75 Å². The first-order chi connectivity index (χ1) is 23.6. The fourth-order valence-electron chi connectivity index (χ4n) is 7.79. The zero-order valence-corrected chi connectivity index (χ0v) is 29.4. The molecule has 0 spiro atoms. The number of nitrogens with one attached hydrogen (secondary N) is 1. The number of hydrogen-bond acceptors (Lipinski definition) is 6. The number of hydrogen-bond donors (Lipinski definition) is 3. The van der Waals surface area contributed by atoms with E-state index in [2.05, 4.69) is 25.2 Å². The summed E-state index contributed by atoms with van der Waals surface area (Å²) in [5.41, 5.74) is 3.01. The van der Waals surface area contributed by atoms with Crippen LogP contribution in [0.1, 0.15) is 91.8 Å². The van der Waals surface area contributed by atoms with Crippen molar-refractivity contribution < 1.29 is 29.3 Å².